The molecule has 0 bridgehead atoms. The summed E-state index contributed by atoms with van der Waals surface area (Å²) in [6.07, 6.45) is 7.49. The lowest BCUT2D eigenvalue weighted by molar-refractivity contribution is 0.418. The quantitative estimate of drug-likeness (QED) is 0.241. The molecule has 0 unspecified atom stereocenters. The molecule has 0 radical (unpaired) electrons. The number of imidazole rings is 1. The van der Waals surface area contributed by atoms with Crippen LogP contribution < -0.4 is 5.32 Å². The van der Waals surface area contributed by atoms with Crippen LogP contribution in [0.25, 0.3) is 0 Å². The molecule has 3 aromatic carbocycles. The van der Waals surface area contributed by atoms with Gasteiger partial charge in [0.05, 0.1) is 12.0 Å². The van der Waals surface area contributed by atoms with Crippen molar-refractivity contribution in [1.82, 2.24) is 14.9 Å². The molecule has 4 rings (SSSR count). The van der Waals surface area contributed by atoms with E-state index in [2.05, 4.69) is 128 Å². The second-order valence-electron chi connectivity index (χ2n) is 9.71. The Morgan fingerprint density at radius 3 is 1.64 bits per heavy atom. The third-order valence-corrected chi connectivity index (χ3v) is 6.11. The highest BCUT2D eigenvalue weighted by molar-refractivity contribution is 5.50. The van der Waals surface area contributed by atoms with Gasteiger partial charge in [0, 0.05) is 11.7 Å². The highest BCUT2D eigenvalue weighted by Gasteiger charge is 2.38. The van der Waals surface area contributed by atoms with E-state index in [4.69, 9.17) is 4.98 Å². The van der Waals surface area contributed by atoms with E-state index >= 15 is 0 Å². The van der Waals surface area contributed by atoms with E-state index in [1.807, 2.05) is 6.33 Å². The first-order chi connectivity index (χ1) is 16.0. The van der Waals surface area contributed by atoms with E-state index in [0.717, 1.165) is 31.5 Å². The Labute approximate surface area is 198 Å². The van der Waals surface area contributed by atoms with Gasteiger partial charge in [-0.2, -0.15) is 0 Å². The number of hydrogen-bond acceptors (Lipinski definition) is 2. The maximum absolute atomic E-state index is 4.85. The molecule has 1 N–H and O–H groups in total. The third kappa shape index (κ3) is 5.26. The van der Waals surface area contributed by atoms with Crippen LogP contribution in [-0.4, -0.2) is 21.6 Å². The number of benzene rings is 3. The van der Waals surface area contributed by atoms with Crippen LogP contribution in [0.2, 0.25) is 0 Å². The first-order valence-electron chi connectivity index (χ1n) is 11.9. The molecule has 3 nitrogen and oxygen atoms in total. The van der Waals surface area contributed by atoms with Crippen molar-refractivity contribution in [2.24, 2.45) is 0 Å². The van der Waals surface area contributed by atoms with Crippen LogP contribution in [-0.2, 0) is 12.0 Å². The summed E-state index contributed by atoms with van der Waals surface area (Å²) >= 11 is 0. The van der Waals surface area contributed by atoms with Crippen molar-refractivity contribution >= 4 is 0 Å². The zero-order valence-electron chi connectivity index (χ0n) is 20.0. The van der Waals surface area contributed by atoms with Gasteiger partial charge in [0.2, 0.25) is 0 Å². The Hall–Kier alpha value is -3.17. The predicted molar refractivity (Wildman–Crippen MR) is 138 cm³/mol. The molecule has 0 amide bonds. The number of rotatable bonds is 9. The van der Waals surface area contributed by atoms with E-state index in [1.54, 1.807) is 0 Å². The lowest BCUT2D eigenvalue weighted by Gasteiger charge is -2.37. The van der Waals surface area contributed by atoms with Crippen LogP contribution in [0, 0.1) is 0 Å². The van der Waals surface area contributed by atoms with Gasteiger partial charge >= 0.3 is 0 Å². The number of hydrogen-bond donors (Lipinski definition) is 1. The van der Waals surface area contributed by atoms with Gasteiger partial charge in [-0.15, -0.1) is 0 Å². The SMILES string of the molecule is CC(C)(C)NCCCCc1cn(C(c2ccccc2)(c2ccccc2)c2ccccc2)cn1. The maximum atomic E-state index is 4.85. The van der Waals surface area contributed by atoms with Gasteiger partial charge in [0.15, 0.2) is 0 Å². The van der Waals surface area contributed by atoms with Crippen molar-refractivity contribution in [2.75, 3.05) is 6.54 Å². The highest BCUT2D eigenvalue weighted by Crippen LogP contribution is 2.40. The molecule has 3 heteroatoms. The second-order valence-corrected chi connectivity index (χ2v) is 9.71. The van der Waals surface area contributed by atoms with E-state index < -0.39 is 5.54 Å². The van der Waals surface area contributed by atoms with E-state index in [-0.39, 0.29) is 5.54 Å². The van der Waals surface area contributed by atoms with Gasteiger partial charge in [-0.25, -0.2) is 4.98 Å². The minimum atomic E-state index is -0.483. The molecule has 0 aliphatic rings. The minimum Gasteiger partial charge on any atom is -0.319 e. The Morgan fingerprint density at radius 2 is 1.18 bits per heavy atom. The standard InChI is InChI=1S/C30H35N3/c1-29(2,3)32-22-14-13-21-28-23-33(24-31-28)30(25-15-7-4-8-16-25,26-17-9-5-10-18-26)27-19-11-6-12-20-27/h4-12,15-20,23-24,32H,13-14,21-22H2,1-3H3. The number of aromatic nitrogens is 2. The number of unbranched alkanes of at least 4 members (excludes halogenated alkanes) is 1. The monoisotopic (exact) mass is 437 g/mol. The Kier molecular flexibility index (Phi) is 7.10. The number of nitrogens with one attached hydrogen (secondary N) is 1. The maximum Gasteiger partial charge on any atom is 0.121 e. The lowest BCUT2D eigenvalue weighted by Crippen LogP contribution is -2.37. The van der Waals surface area contributed by atoms with Gasteiger partial charge < -0.3 is 9.88 Å². The normalized spacial score (nSPS) is 12.1. The van der Waals surface area contributed by atoms with Crippen LogP contribution in [0.4, 0.5) is 0 Å². The summed E-state index contributed by atoms with van der Waals surface area (Å²) in [6, 6.07) is 32.3. The van der Waals surface area contributed by atoms with Crippen molar-refractivity contribution < 1.29 is 0 Å². The summed E-state index contributed by atoms with van der Waals surface area (Å²) in [7, 11) is 0. The topological polar surface area (TPSA) is 29.9 Å². The zero-order chi connectivity index (χ0) is 23.2. The largest absolute Gasteiger partial charge is 0.319 e. The first kappa shape index (κ1) is 23.0. The molecule has 4 aromatic rings. The summed E-state index contributed by atoms with van der Waals surface area (Å²) in [5.41, 5.74) is 4.49. The lowest BCUT2D eigenvalue weighted by atomic mass is 9.77. The average molecular weight is 438 g/mol. The van der Waals surface area contributed by atoms with Crippen molar-refractivity contribution in [3.05, 3.63) is 126 Å². The van der Waals surface area contributed by atoms with E-state index in [9.17, 15) is 0 Å². The fourth-order valence-electron chi connectivity index (χ4n) is 4.56. The molecule has 0 spiro atoms. The predicted octanol–water partition coefficient (Wildman–Crippen LogP) is 6.43. The van der Waals surface area contributed by atoms with E-state index in [1.165, 1.54) is 16.7 Å². The van der Waals surface area contributed by atoms with Gasteiger partial charge in [0.1, 0.15) is 5.54 Å². The van der Waals surface area contributed by atoms with Gasteiger partial charge in [-0.1, -0.05) is 91.0 Å². The van der Waals surface area contributed by atoms with E-state index in [0.29, 0.717) is 0 Å². The molecule has 170 valence electrons. The van der Waals surface area contributed by atoms with Gasteiger partial charge in [0.25, 0.3) is 0 Å². The molecular formula is C30H35N3. The molecule has 0 saturated carbocycles. The number of aryl methyl sites for hydroxylation is 1. The van der Waals surface area contributed by atoms with Crippen LogP contribution in [0.3, 0.4) is 0 Å². The van der Waals surface area contributed by atoms with Crippen LogP contribution in [0.5, 0.6) is 0 Å². The molecular weight excluding hydrogens is 402 g/mol. The molecule has 0 atom stereocenters. The Morgan fingerprint density at radius 1 is 0.697 bits per heavy atom. The summed E-state index contributed by atoms with van der Waals surface area (Å²) in [6.45, 7) is 7.67. The minimum absolute atomic E-state index is 0.169. The highest BCUT2D eigenvalue weighted by atomic mass is 15.1. The molecule has 1 heterocycles. The number of nitrogens with zero attached hydrogens (tertiary/aromatic N) is 2. The molecule has 0 fully saturated rings. The third-order valence-electron chi connectivity index (χ3n) is 6.11. The summed E-state index contributed by atoms with van der Waals surface area (Å²) in [5, 5.41) is 3.58. The van der Waals surface area contributed by atoms with Crippen LogP contribution >= 0.6 is 0 Å². The summed E-state index contributed by atoms with van der Waals surface area (Å²) in [4.78, 5) is 4.85. The molecule has 33 heavy (non-hydrogen) atoms. The fourth-order valence-corrected chi connectivity index (χ4v) is 4.56. The summed E-state index contributed by atoms with van der Waals surface area (Å²) < 4.78 is 2.30. The molecule has 0 aliphatic carbocycles. The Bertz CT molecular complexity index is 1010. The zero-order valence-corrected chi connectivity index (χ0v) is 20.0. The fraction of sp³-hybridized carbons (Fsp3) is 0.300. The van der Waals surface area contributed by atoms with Crippen molar-refractivity contribution in [2.45, 2.75) is 51.1 Å². The van der Waals surface area contributed by atoms with Crippen LogP contribution in [0.15, 0.2) is 104 Å². The molecule has 0 saturated heterocycles. The first-order valence-corrected chi connectivity index (χ1v) is 11.9. The van der Waals surface area contributed by atoms with Gasteiger partial charge in [-0.3, -0.25) is 0 Å². The molecule has 0 aliphatic heterocycles. The van der Waals surface area contributed by atoms with Crippen molar-refractivity contribution in [3.8, 4) is 0 Å². The summed E-state index contributed by atoms with van der Waals surface area (Å²) in [5.74, 6) is 0. The average Bonchev–Trinajstić information content (AvgIpc) is 3.30. The smallest absolute Gasteiger partial charge is 0.121 e. The second kappa shape index (κ2) is 10.2. The van der Waals surface area contributed by atoms with Crippen molar-refractivity contribution in [3.63, 3.8) is 0 Å². The van der Waals surface area contributed by atoms with Crippen molar-refractivity contribution in [1.29, 1.82) is 0 Å². The van der Waals surface area contributed by atoms with Crippen LogP contribution in [0.1, 0.15) is 56.0 Å². The Balaban J connectivity index is 1.71. The molecule has 1 aromatic heterocycles. The van der Waals surface area contributed by atoms with Gasteiger partial charge in [-0.05, 0) is 63.3 Å².